The van der Waals surface area contributed by atoms with Crippen LogP contribution in [0.25, 0.3) is 0 Å². The number of benzene rings is 2. The van der Waals surface area contributed by atoms with E-state index in [0.717, 1.165) is 9.87 Å². The second kappa shape index (κ2) is 11.5. The van der Waals surface area contributed by atoms with E-state index >= 15 is 0 Å². The van der Waals surface area contributed by atoms with Gasteiger partial charge in [0.1, 0.15) is 11.9 Å². The molecule has 0 bridgehead atoms. The number of hydrogen-bond acceptors (Lipinski definition) is 7. The van der Waals surface area contributed by atoms with Crippen molar-refractivity contribution in [2.45, 2.75) is 36.0 Å². The highest BCUT2D eigenvalue weighted by atomic mass is 32.2. The number of alkyl carbamates (subject to hydrolysis) is 1. The molecule has 1 aliphatic rings. The van der Waals surface area contributed by atoms with Gasteiger partial charge in [-0.3, -0.25) is 0 Å². The van der Waals surface area contributed by atoms with E-state index in [1.165, 1.54) is 26.3 Å². The molecule has 33 heavy (non-hydrogen) atoms. The third-order valence-corrected chi connectivity index (χ3v) is 7.28. The average Bonchev–Trinajstić information content (AvgIpc) is 3.32. The molecule has 0 aromatic heterocycles. The largest absolute Gasteiger partial charge is 0.497 e. The zero-order valence-corrected chi connectivity index (χ0v) is 19.5. The van der Waals surface area contributed by atoms with E-state index in [0.29, 0.717) is 31.8 Å². The van der Waals surface area contributed by atoms with Crippen LogP contribution in [0.3, 0.4) is 0 Å². The topological polar surface area (TPSA) is 114 Å². The van der Waals surface area contributed by atoms with Crippen LogP contribution in [0.5, 0.6) is 5.75 Å². The van der Waals surface area contributed by atoms with Gasteiger partial charge in [-0.25, -0.2) is 13.2 Å². The van der Waals surface area contributed by atoms with Gasteiger partial charge in [0, 0.05) is 20.0 Å². The van der Waals surface area contributed by atoms with Crippen molar-refractivity contribution in [1.82, 2.24) is 9.62 Å². The van der Waals surface area contributed by atoms with Gasteiger partial charge in [0.2, 0.25) is 10.0 Å². The number of carbonyl (C=O) groups excluding carboxylic acids is 1. The zero-order valence-electron chi connectivity index (χ0n) is 18.7. The van der Waals surface area contributed by atoms with Crippen LogP contribution in [0.2, 0.25) is 0 Å². The fourth-order valence-corrected chi connectivity index (χ4v) is 4.70. The lowest BCUT2D eigenvalue weighted by atomic mass is 10.0. The molecule has 1 amide bonds. The summed E-state index contributed by atoms with van der Waals surface area (Å²) in [6.07, 6.45) is -1.28. The van der Waals surface area contributed by atoms with Crippen molar-refractivity contribution < 1.29 is 32.5 Å². The minimum atomic E-state index is -3.86. The van der Waals surface area contributed by atoms with Crippen molar-refractivity contribution in [1.29, 1.82) is 0 Å². The molecule has 0 aliphatic carbocycles. The Morgan fingerprint density at radius 2 is 1.91 bits per heavy atom. The first-order valence-electron chi connectivity index (χ1n) is 10.7. The van der Waals surface area contributed by atoms with Crippen molar-refractivity contribution in [3.63, 3.8) is 0 Å². The number of rotatable bonds is 10. The lowest BCUT2D eigenvalue weighted by molar-refractivity contribution is 0.0661. The van der Waals surface area contributed by atoms with Gasteiger partial charge in [-0.15, -0.1) is 0 Å². The Kier molecular flexibility index (Phi) is 8.67. The van der Waals surface area contributed by atoms with Crippen LogP contribution in [-0.2, 0) is 25.9 Å². The summed E-state index contributed by atoms with van der Waals surface area (Å²) >= 11 is 0. The fourth-order valence-electron chi connectivity index (χ4n) is 3.51. The molecule has 1 fully saturated rings. The molecule has 2 aromatic rings. The zero-order chi connectivity index (χ0) is 23.8. The minimum Gasteiger partial charge on any atom is -0.497 e. The SMILES string of the molecule is COc1ccc(S(=O)(=O)N(C)C[C@@H](O)[C@H](Cc2ccccc2)NC(=O)O[C@H]2CCOC2)cc1. The van der Waals surface area contributed by atoms with Crippen LogP contribution in [0.4, 0.5) is 4.79 Å². The summed E-state index contributed by atoms with van der Waals surface area (Å²) in [4.78, 5) is 12.5. The summed E-state index contributed by atoms with van der Waals surface area (Å²) in [5, 5.41) is 13.6. The molecule has 3 atom stereocenters. The third kappa shape index (κ3) is 6.91. The van der Waals surface area contributed by atoms with Crippen LogP contribution in [0.1, 0.15) is 12.0 Å². The molecule has 180 valence electrons. The molecule has 9 nitrogen and oxygen atoms in total. The van der Waals surface area contributed by atoms with Gasteiger partial charge in [-0.05, 0) is 36.2 Å². The number of sulfonamides is 1. The molecule has 1 heterocycles. The van der Waals surface area contributed by atoms with E-state index < -0.39 is 28.3 Å². The molecule has 0 radical (unpaired) electrons. The Morgan fingerprint density at radius 1 is 1.21 bits per heavy atom. The van der Waals surface area contributed by atoms with Gasteiger partial charge in [0.25, 0.3) is 0 Å². The Balaban J connectivity index is 1.70. The number of carbonyl (C=O) groups is 1. The Morgan fingerprint density at radius 3 is 2.52 bits per heavy atom. The minimum absolute atomic E-state index is 0.0752. The van der Waals surface area contributed by atoms with E-state index in [9.17, 15) is 18.3 Å². The molecule has 1 saturated heterocycles. The quantitative estimate of drug-likeness (QED) is 0.535. The predicted molar refractivity (Wildman–Crippen MR) is 122 cm³/mol. The number of aliphatic hydroxyl groups excluding tert-OH is 1. The van der Waals surface area contributed by atoms with E-state index in [2.05, 4.69) is 5.32 Å². The van der Waals surface area contributed by atoms with E-state index in [4.69, 9.17) is 14.2 Å². The summed E-state index contributed by atoms with van der Waals surface area (Å²) in [6.45, 7) is 0.642. The van der Waals surface area contributed by atoms with Crippen LogP contribution < -0.4 is 10.1 Å². The monoisotopic (exact) mass is 478 g/mol. The van der Waals surface area contributed by atoms with Gasteiger partial charge < -0.3 is 24.6 Å². The molecule has 1 aliphatic heterocycles. The highest BCUT2D eigenvalue weighted by Crippen LogP contribution is 2.19. The van der Waals surface area contributed by atoms with Crippen LogP contribution in [0, 0.1) is 0 Å². The lowest BCUT2D eigenvalue weighted by Crippen LogP contribution is -2.50. The summed E-state index contributed by atoms with van der Waals surface area (Å²) in [5.74, 6) is 0.537. The van der Waals surface area contributed by atoms with E-state index in [1.54, 1.807) is 12.1 Å². The van der Waals surface area contributed by atoms with Crippen LogP contribution in [0.15, 0.2) is 59.5 Å². The molecular formula is C23H30N2O7S. The Bertz CT molecular complexity index is 993. The first kappa shape index (κ1) is 25.0. The molecule has 2 N–H and O–H groups in total. The van der Waals surface area contributed by atoms with Crippen molar-refractivity contribution in [2.75, 3.05) is 33.9 Å². The maximum atomic E-state index is 12.9. The molecule has 0 saturated carbocycles. The van der Waals surface area contributed by atoms with Crippen molar-refractivity contribution in [3.05, 3.63) is 60.2 Å². The molecule has 3 rings (SSSR count). The highest BCUT2D eigenvalue weighted by Gasteiger charge is 2.30. The normalized spacial score (nSPS) is 18.0. The molecule has 0 spiro atoms. The number of amides is 1. The summed E-state index contributed by atoms with van der Waals surface area (Å²) in [7, 11) is -0.973. The number of hydrogen-bond donors (Lipinski definition) is 2. The maximum absolute atomic E-state index is 12.9. The van der Waals surface area contributed by atoms with Gasteiger partial charge in [0.05, 0.1) is 37.4 Å². The van der Waals surface area contributed by atoms with Crippen LogP contribution in [-0.4, -0.2) is 76.1 Å². The maximum Gasteiger partial charge on any atom is 0.407 e. The Labute approximate surface area is 194 Å². The number of aliphatic hydroxyl groups is 1. The molecular weight excluding hydrogens is 448 g/mol. The average molecular weight is 479 g/mol. The van der Waals surface area contributed by atoms with Gasteiger partial charge in [-0.2, -0.15) is 4.31 Å². The van der Waals surface area contributed by atoms with Crippen molar-refractivity contribution in [2.24, 2.45) is 0 Å². The van der Waals surface area contributed by atoms with Gasteiger partial charge >= 0.3 is 6.09 Å². The second-order valence-electron chi connectivity index (χ2n) is 7.86. The molecule has 2 aromatic carbocycles. The number of methoxy groups -OCH3 is 1. The van der Waals surface area contributed by atoms with Crippen LogP contribution >= 0.6 is 0 Å². The second-order valence-corrected chi connectivity index (χ2v) is 9.90. The molecule has 10 heteroatoms. The fraction of sp³-hybridized carbons (Fsp3) is 0.435. The lowest BCUT2D eigenvalue weighted by Gasteiger charge is -2.28. The predicted octanol–water partition coefficient (Wildman–Crippen LogP) is 1.80. The van der Waals surface area contributed by atoms with Gasteiger partial charge in [0.15, 0.2) is 0 Å². The van der Waals surface area contributed by atoms with Gasteiger partial charge in [-0.1, -0.05) is 30.3 Å². The number of nitrogens with zero attached hydrogens (tertiary/aromatic N) is 1. The van der Waals surface area contributed by atoms with Crippen molar-refractivity contribution in [3.8, 4) is 5.75 Å². The summed E-state index contributed by atoms with van der Waals surface area (Å²) in [5.41, 5.74) is 0.881. The first-order valence-corrected chi connectivity index (χ1v) is 12.1. The van der Waals surface area contributed by atoms with Crippen molar-refractivity contribution >= 4 is 16.1 Å². The smallest absolute Gasteiger partial charge is 0.407 e. The number of likely N-dealkylation sites (N-methyl/N-ethyl adjacent to an activating group) is 1. The summed E-state index contributed by atoms with van der Waals surface area (Å²) < 4.78 is 42.6. The third-order valence-electron chi connectivity index (χ3n) is 5.44. The first-order chi connectivity index (χ1) is 15.8. The highest BCUT2D eigenvalue weighted by molar-refractivity contribution is 7.89. The molecule has 0 unspecified atom stereocenters. The summed E-state index contributed by atoms with van der Waals surface area (Å²) in [6, 6.07) is 14.5. The number of ether oxygens (including phenoxy) is 3. The standard InChI is InChI=1S/C23H30N2O7S/c1-25(33(28,29)20-10-8-18(30-2)9-11-20)15-22(26)21(14-17-6-4-3-5-7-17)24-23(27)32-19-12-13-31-16-19/h3-11,19,21-22,26H,12-16H2,1-2H3,(H,24,27)/t19-,21-,22+/m0/s1. The van der Waals surface area contributed by atoms with E-state index in [-0.39, 0.29) is 17.5 Å². The Hall–Kier alpha value is -2.66. The van der Waals surface area contributed by atoms with E-state index in [1.807, 2.05) is 30.3 Å². The number of nitrogens with one attached hydrogen (secondary N) is 1.